The van der Waals surface area contributed by atoms with Gasteiger partial charge in [-0.25, -0.2) is 9.97 Å². The number of rotatable bonds is 1. The highest BCUT2D eigenvalue weighted by Crippen LogP contribution is 2.40. The van der Waals surface area contributed by atoms with Gasteiger partial charge in [-0.1, -0.05) is 6.08 Å². The molecule has 0 spiro atoms. The zero-order valence-electron chi connectivity index (χ0n) is 9.39. The second-order valence-corrected chi connectivity index (χ2v) is 4.77. The SMILES string of the molecule is C1=C(c2cncnc2)C2CCNCCC1C2. The first-order chi connectivity index (χ1) is 7.93. The van der Waals surface area contributed by atoms with Crippen molar-refractivity contribution >= 4 is 5.57 Å². The van der Waals surface area contributed by atoms with E-state index in [1.165, 1.54) is 30.4 Å². The van der Waals surface area contributed by atoms with E-state index in [0.29, 0.717) is 5.92 Å². The minimum absolute atomic E-state index is 0.712. The molecule has 3 nitrogen and oxygen atoms in total. The van der Waals surface area contributed by atoms with Gasteiger partial charge in [0.25, 0.3) is 0 Å². The fraction of sp³-hybridized carbons (Fsp3) is 0.538. The van der Waals surface area contributed by atoms with Crippen molar-refractivity contribution in [1.82, 2.24) is 15.3 Å². The van der Waals surface area contributed by atoms with Crippen LogP contribution in [-0.4, -0.2) is 23.1 Å². The molecule has 3 rings (SSSR count). The third kappa shape index (κ3) is 1.87. The normalized spacial score (nSPS) is 29.4. The maximum atomic E-state index is 4.12. The highest BCUT2D eigenvalue weighted by atomic mass is 14.9. The summed E-state index contributed by atoms with van der Waals surface area (Å²) in [5, 5.41) is 3.50. The Labute approximate surface area is 96.0 Å². The van der Waals surface area contributed by atoms with Crippen LogP contribution < -0.4 is 5.32 Å². The van der Waals surface area contributed by atoms with Crippen LogP contribution in [0.1, 0.15) is 24.8 Å². The number of nitrogens with zero attached hydrogens (tertiary/aromatic N) is 2. The summed E-state index contributed by atoms with van der Waals surface area (Å²) in [4.78, 5) is 8.25. The van der Waals surface area contributed by atoms with Gasteiger partial charge in [0.15, 0.2) is 0 Å². The molecule has 1 N–H and O–H groups in total. The second kappa shape index (κ2) is 4.34. The van der Waals surface area contributed by atoms with Crippen molar-refractivity contribution in [2.45, 2.75) is 19.3 Å². The van der Waals surface area contributed by atoms with Crippen LogP contribution in [0.4, 0.5) is 0 Å². The average Bonchev–Trinajstić information content (AvgIpc) is 2.72. The molecule has 2 unspecified atom stereocenters. The molecule has 1 aliphatic carbocycles. The number of nitrogens with one attached hydrogen (secondary N) is 1. The largest absolute Gasteiger partial charge is 0.317 e. The first-order valence-corrected chi connectivity index (χ1v) is 6.11. The highest BCUT2D eigenvalue weighted by molar-refractivity contribution is 5.68. The van der Waals surface area contributed by atoms with E-state index in [-0.39, 0.29) is 0 Å². The summed E-state index contributed by atoms with van der Waals surface area (Å²) in [7, 11) is 0. The van der Waals surface area contributed by atoms with E-state index in [1.54, 1.807) is 6.33 Å². The van der Waals surface area contributed by atoms with Gasteiger partial charge in [0, 0.05) is 18.0 Å². The maximum absolute atomic E-state index is 4.12. The smallest absolute Gasteiger partial charge is 0.115 e. The van der Waals surface area contributed by atoms with Crippen molar-refractivity contribution < 1.29 is 0 Å². The van der Waals surface area contributed by atoms with E-state index < -0.39 is 0 Å². The molecule has 1 aromatic rings. The van der Waals surface area contributed by atoms with E-state index in [9.17, 15) is 0 Å². The van der Waals surface area contributed by atoms with Crippen molar-refractivity contribution in [2.24, 2.45) is 11.8 Å². The second-order valence-electron chi connectivity index (χ2n) is 4.77. The predicted octanol–water partition coefficient (Wildman–Crippen LogP) is 1.88. The van der Waals surface area contributed by atoms with Crippen LogP contribution in [0, 0.1) is 11.8 Å². The lowest BCUT2D eigenvalue weighted by molar-refractivity contribution is 0.420. The van der Waals surface area contributed by atoms with Crippen LogP contribution in [0.25, 0.3) is 5.57 Å². The number of allylic oxidation sites excluding steroid dienone is 2. The van der Waals surface area contributed by atoms with Gasteiger partial charge in [-0.2, -0.15) is 0 Å². The number of aromatic nitrogens is 2. The van der Waals surface area contributed by atoms with Crippen LogP contribution in [0.2, 0.25) is 0 Å². The third-order valence-corrected chi connectivity index (χ3v) is 3.70. The zero-order valence-corrected chi connectivity index (χ0v) is 9.39. The quantitative estimate of drug-likeness (QED) is 0.777. The molecular weight excluding hydrogens is 198 g/mol. The minimum Gasteiger partial charge on any atom is -0.317 e. The summed E-state index contributed by atoms with van der Waals surface area (Å²) in [6, 6.07) is 0. The standard InChI is InChI=1S/C13H17N3/c1-3-14-4-2-11-5-10(1)6-13(11)12-7-15-9-16-8-12/h6-11,14H,1-5H2. The topological polar surface area (TPSA) is 37.8 Å². The molecule has 84 valence electrons. The van der Waals surface area contributed by atoms with E-state index in [4.69, 9.17) is 0 Å². The molecule has 1 aliphatic heterocycles. The lowest BCUT2D eigenvalue weighted by atomic mass is 9.91. The van der Waals surface area contributed by atoms with Crippen molar-refractivity contribution in [3.05, 3.63) is 30.4 Å². The Morgan fingerprint density at radius 1 is 1.12 bits per heavy atom. The highest BCUT2D eigenvalue weighted by Gasteiger charge is 2.28. The number of hydrogen-bond donors (Lipinski definition) is 1. The Hall–Kier alpha value is -1.22. The fourth-order valence-electron chi connectivity index (χ4n) is 2.89. The van der Waals surface area contributed by atoms with E-state index in [2.05, 4.69) is 21.4 Å². The summed E-state index contributed by atoms with van der Waals surface area (Å²) >= 11 is 0. The molecule has 2 bridgehead atoms. The Kier molecular flexibility index (Phi) is 2.70. The van der Waals surface area contributed by atoms with Gasteiger partial charge >= 0.3 is 0 Å². The summed E-state index contributed by atoms with van der Waals surface area (Å²) < 4.78 is 0. The molecule has 1 aromatic heterocycles. The Morgan fingerprint density at radius 3 is 2.81 bits per heavy atom. The lowest BCUT2D eigenvalue weighted by Crippen LogP contribution is -2.23. The van der Waals surface area contributed by atoms with Gasteiger partial charge in [-0.15, -0.1) is 0 Å². The molecule has 2 atom stereocenters. The molecule has 0 amide bonds. The monoisotopic (exact) mass is 215 g/mol. The van der Waals surface area contributed by atoms with Crippen LogP contribution in [0.5, 0.6) is 0 Å². The zero-order chi connectivity index (χ0) is 10.8. The Bertz CT molecular complexity index is 385. The van der Waals surface area contributed by atoms with Gasteiger partial charge in [0.2, 0.25) is 0 Å². The van der Waals surface area contributed by atoms with Crippen molar-refractivity contribution in [3.63, 3.8) is 0 Å². The van der Waals surface area contributed by atoms with Gasteiger partial charge in [0.1, 0.15) is 6.33 Å². The molecule has 1 fully saturated rings. The summed E-state index contributed by atoms with van der Waals surface area (Å²) in [6.07, 6.45) is 11.8. The van der Waals surface area contributed by atoms with Crippen molar-refractivity contribution in [1.29, 1.82) is 0 Å². The van der Waals surface area contributed by atoms with Gasteiger partial charge < -0.3 is 5.32 Å². The Morgan fingerprint density at radius 2 is 1.94 bits per heavy atom. The summed E-state index contributed by atoms with van der Waals surface area (Å²) in [6.45, 7) is 2.30. The number of fused-ring (bicyclic) bond motifs is 2. The van der Waals surface area contributed by atoms with E-state index in [0.717, 1.165) is 19.0 Å². The predicted molar refractivity (Wildman–Crippen MR) is 63.7 cm³/mol. The van der Waals surface area contributed by atoms with Crippen LogP contribution in [0.3, 0.4) is 0 Å². The summed E-state index contributed by atoms with van der Waals surface area (Å²) in [5.41, 5.74) is 2.70. The number of hydrogen-bond acceptors (Lipinski definition) is 3. The summed E-state index contributed by atoms with van der Waals surface area (Å²) in [5.74, 6) is 1.47. The molecule has 3 heteroatoms. The molecule has 2 heterocycles. The third-order valence-electron chi connectivity index (χ3n) is 3.70. The molecule has 2 aliphatic rings. The van der Waals surface area contributed by atoms with Crippen LogP contribution >= 0.6 is 0 Å². The van der Waals surface area contributed by atoms with Gasteiger partial charge in [-0.3, -0.25) is 0 Å². The molecule has 1 saturated heterocycles. The maximum Gasteiger partial charge on any atom is 0.115 e. The molecule has 16 heavy (non-hydrogen) atoms. The van der Waals surface area contributed by atoms with Crippen molar-refractivity contribution in [3.8, 4) is 0 Å². The van der Waals surface area contributed by atoms with Gasteiger partial charge in [-0.05, 0) is 49.8 Å². The molecular formula is C13H17N3. The molecule has 0 aromatic carbocycles. The van der Waals surface area contributed by atoms with Crippen LogP contribution in [0.15, 0.2) is 24.8 Å². The van der Waals surface area contributed by atoms with E-state index >= 15 is 0 Å². The molecule has 0 saturated carbocycles. The Balaban J connectivity index is 1.89. The lowest BCUT2D eigenvalue weighted by Gasteiger charge is -2.19. The van der Waals surface area contributed by atoms with Gasteiger partial charge in [0.05, 0.1) is 0 Å². The minimum atomic E-state index is 0.712. The van der Waals surface area contributed by atoms with Crippen LogP contribution in [-0.2, 0) is 0 Å². The van der Waals surface area contributed by atoms with E-state index in [1.807, 2.05) is 12.4 Å². The van der Waals surface area contributed by atoms with Crippen molar-refractivity contribution in [2.75, 3.05) is 13.1 Å². The molecule has 0 radical (unpaired) electrons. The first-order valence-electron chi connectivity index (χ1n) is 6.11. The average molecular weight is 215 g/mol. The fourth-order valence-corrected chi connectivity index (χ4v) is 2.89. The first kappa shape index (κ1) is 9.97.